The zero-order chi connectivity index (χ0) is 11.4. The maximum atomic E-state index is 11.7. The molecular formula is C12H23N3O. The molecule has 1 saturated heterocycles. The SMILES string of the molecule is CCNC1CCC(N2CCCNC2=O)CC1. The van der Waals surface area contributed by atoms with Gasteiger partial charge in [0.25, 0.3) is 0 Å². The van der Waals surface area contributed by atoms with E-state index in [9.17, 15) is 4.79 Å². The van der Waals surface area contributed by atoms with Gasteiger partial charge in [0.15, 0.2) is 0 Å². The molecular weight excluding hydrogens is 202 g/mol. The van der Waals surface area contributed by atoms with E-state index in [1.54, 1.807) is 0 Å². The first-order valence-corrected chi connectivity index (χ1v) is 6.59. The van der Waals surface area contributed by atoms with Gasteiger partial charge in [-0.1, -0.05) is 6.92 Å². The quantitative estimate of drug-likeness (QED) is 0.761. The summed E-state index contributed by atoms with van der Waals surface area (Å²) in [6, 6.07) is 1.31. The molecule has 2 amide bonds. The van der Waals surface area contributed by atoms with E-state index in [1.807, 2.05) is 4.90 Å². The third-order valence-corrected chi connectivity index (χ3v) is 3.74. The van der Waals surface area contributed by atoms with Crippen LogP contribution in [0.25, 0.3) is 0 Å². The second kappa shape index (κ2) is 5.53. The summed E-state index contributed by atoms with van der Waals surface area (Å²) in [7, 11) is 0. The van der Waals surface area contributed by atoms with E-state index >= 15 is 0 Å². The fourth-order valence-corrected chi connectivity index (χ4v) is 2.88. The fourth-order valence-electron chi connectivity index (χ4n) is 2.88. The van der Waals surface area contributed by atoms with Gasteiger partial charge in [-0.05, 0) is 38.6 Å². The Morgan fingerprint density at radius 1 is 1.38 bits per heavy atom. The van der Waals surface area contributed by atoms with Gasteiger partial charge in [0.1, 0.15) is 0 Å². The standard InChI is InChI=1S/C12H23N3O/c1-2-13-10-4-6-11(7-5-10)15-9-3-8-14-12(15)16/h10-11,13H,2-9H2,1H3,(H,14,16). The molecule has 0 radical (unpaired) electrons. The average molecular weight is 225 g/mol. The summed E-state index contributed by atoms with van der Waals surface area (Å²) in [5.41, 5.74) is 0. The summed E-state index contributed by atoms with van der Waals surface area (Å²) in [4.78, 5) is 13.7. The predicted octanol–water partition coefficient (Wildman–Crippen LogP) is 1.32. The Hall–Kier alpha value is -0.770. The van der Waals surface area contributed by atoms with Gasteiger partial charge in [0.2, 0.25) is 0 Å². The zero-order valence-corrected chi connectivity index (χ0v) is 10.2. The van der Waals surface area contributed by atoms with E-state index in [-0.39, 0.29) is 6.03 Å². The summed E-state index contributed by atoms with van der Waals surface area (Å²) >= 11 is 0. The van der Waals surface area contributed by atoms with Crippen LogP contribution < -0.4 is 10.6 Å². The van der Waals surface area contributed by atoms with Gasteiger partial charge in [-0.2, -0.15) is 0 Å². The molecule has 1 aliphatic heterocycles. The van der Waals surface area contributed by atoms with Crippen molar-refractivity contribution in [1.29, 1.82) is 0 Å². The van der Waals surface area contributed by atoms with Crippen LogP contribution in [0.4, 0.5) is 4.79 Å². The van der Waals surface area contributed by atoms with E-state index in [0.717, 1.165) is 38.9 Å². The van der Waals surface area contributed by atoms with Gasteiger partial charge in [0.05, 0.1) is 0 Å². The molecule has 0 aromatic heterocycles. The van der Waals surface area contributed by atoms with Crippen molar-refractivity contribution >= 4 is 6.03 Å². The van der Waals surface area contributed by atoms with Crippen molar-refractivity contribution in [2.45, 2.75) is 51.1 Å². The molecule has 0 bridgehead atoms. The molecule has 2 N–H and O–H groups in total. The first-order chi connectivity index (χ1) is 7.81. The van der Waals surface area contributed by atoms with Gasteiger partial charge < -0.3 is 15.5 Å². The zero-order valence-electron chi connectivity index (χ0n) is 10.2. The maximum Gasteiger partial charge on any atom is 0.317 e. The summed E-state index contributed by atoms with van der Waals surface area (Å²) in [6.45, 7) is 5.01. The van der Waals surface area contributed by atoms with Crippen LogP contribution in [0.2, 0.25) is 0 Å². The number of nitrogens with one attached hydrogen (secondary N) is 2. The van der Waals surface area contributed by atoms with Crippen molar-refractivity contribution in [1.82, 2.24) is 15.5 Å². The van der Waals surface area contributed by atoms with Gasteiger partial charge >= 0.3 is 6.03 Å². The maximum absolute atomic E-state index is 11.7. The molecule has 2 rings (SSSR count). The van der Waals surface area contributed by atoms with Gasteiger partial charge in [0, 0.05) is 25.2 Å². The minimum Gasteiger partial charge on any atom is -0.338 e. The molecule has 0 aromatic rings. The molecule has 0 aromatic carbocycles. The Balaban J connectivity index is 1.81. The topological polar surface area (TPSA) is 44.4 Å². The molecule has 1 heterocycles. The Morgan fingerprint density at radius 3 is 2.75 bits per heavy atom. The molecule has 2 fully saturated rings. The van der Waals surface area contributed by atoms with E-state index in [2.05, 4.69) is 17.6 Å². The predicted molar refractivity (Wildman–Crippen MR) is 64.4 cm³/mol. The minimum atomic E-state index is 0.151. The smallest absolute Gasteiger partial charge is 0.317 e. The largest absolute Gasteiger partial charge is 0.338 e. The summed E-state index contributed by atoms with van der Waals surface area (Å²) in [5.74, 6) is 0. The highest BCUT2D eigenvalue weighted by Gasteiger charge is 2.29. The third-order valence-electron chi connectivity index (χ3n) is 3.74. The molecule has 1 aliphatic carbocycles. The lowest BCUT2D eigenvalue weighted by molar-refractivity contribution is 0.136. The number of urea groups is 1. The molecule has 16 heavy (non-hydrogen) atoms. The van der Waals surface area contributed by atoms with Crippen LogP contribution in [-0.4, -0.2) is 42.6 Å². The van der Waals surface area contributed by atoms with Gasteiger partial charge in [-0.15, -0.1) is 0 Å². The Labute approximate surface area is 97.8 Å². The van der Waals surface area contributed by atoms with Crippen LogP contribution in [0, 0.1) is 0 Å². The molecule has 0 spiro atoms. The number of carbonyl (C=O) groups is 1. The number of hydrogen-bond donors (Lipinski definition) is 2. The molecule has 1 saturated carbocycles. The molecule has 4 nitrogen and oxygen atoms in total. The monoisotopic (exact) mass is 225 g/mol. The summed E-state index contributed by atoms with van der Waals surface area (Å²) in [5, 5.41) is 6.44. The second-order valence-electron chi connectivity index (χ2n) is 4.84. The van der Waals surface area contributed by atoms with Gasteiger partial charge in [-0.3, -0.25) is 0 Å². The van der Waals surface area contributed by atoms with Crippen LogP contribution in [0.1, 0.15) is 39.0 Å². The highest BCUT2D eigenvalue weighted by atomic mass is 16.2. The lowest BCUT2D eigenvalue weighted by Crippen LogP contribution is -2.53. The van der Waals surface area contributed by atoms with E-state index in [0.29, 0.717) is 12.1 Å². The second-order valence-corrected chi connectivity index (χ2v) is 4.84. The highest BCUT2D eigenvalue weighted by molar-refractivity contribution is 5.75. The fraction of sp³-hybridized carbons (Fsp3) is 0.917. The number of carbonyl (C=O) groups excluding carboxylic acids is 1. The first-order valence-electron chi connectivity index (χ1n) is 6.59. The van der Waals surface area contributed by atoms with Crippen LogP contribution in [0.15, 0.2) is 0 Å². The molecule has 2 aliphatic rings. The van der Waals surface area contributed by atoms with Crippen molar-refractivity contribution in [2.24, 2.45) is 0 Å². The Kier molecular flexibility index (Phi) is 4.04. The van der Waals surface area contributed by atoms with Crippen molar-refractivity contribution < 1.29 is 4.79 Å². The first kappa shape index (κ1) is 11.7. The number of amides is 2. The van der Waals surface area contributed by atoms with Crippen LogP contribution >= 0.6 is 0 Å². The summed E-state index contributed by atoms with van der Waals surface area (Å²) < 4.78 is 0. The lowest BCUT2D eigenvalue weighted by atomic mass is 9.90. The van der Waals surface area contributed by atoms with E-state index in [4.69, 9.17) is 0 Å². The normalized spacial score (nSPS) is 31.3. The van der Waals surface area contributed by atoms with Crippen LogP contribution in [0.3, 0.4) is 0 Å². The Morgan fingerprint density at radius 2 is 2.12 bits per heavy atom. The molecule has 92 valence electrons. The third kappa shape index (κ3) is 2.67. The Bertz CT molecular complexity index is 236. The molecule has 0 unspecified atom stereocenters. The van der Waals surface area contributed by atoms with Crippen molar-refractivity contribution in [2.75, 3.05) is 19.6 Å². The lowest BCUT2D eigenvalue weighted by Gasteiger charge is -2.39. The number of rotatable bonds is 3. The van der Waals surface area contributed by atoms with Crippen LogP contribution in [-0.2, 0) is 0 Å². The van der Waals surface area contributed by atoms with E-state index in [1.165, 1.54) is 12.8 Å². The van der Waals surface area contributed by atoms with Crippen LogP contribution in [0.5, 0.6) is 0 Å². The summed E-state index contributed by atoms with van der Waals surface area (Å²) in [6.07, 6.45) is 5.83. The average Bonchev–Trinajstić information content (AvgIpc) is 2.31. The van der Waals surface area contributed by atoms with Crippen molar-refractivity contribution in [3.63, 3.8) is 0 Å². The van der Waals surface area contributed by atoms with Gasteiger partial charge in [-0.25, -0.2) is 4.79 Å². The van der Waals surface area contributed by atoms with Crippen molar-refractivity contribution in [3.05, 3.63) is 0 Å². The number of nitrogens with zero attached hydrogens (tertiary/aromatic N) is 1. The molecule has 0 atom stereocenters. The van der Waals surface area contributed by atoms with E-state index < -0.39 is 0 Å². The highest BCUT2D eigenvalue weighted by Crippen LogP contribution is 2.24. The minimum absolute atomic E-state index is 0.151. The molecule has 4 heteroatoms. The number of hydrogen-bond acceptors (Lipinski definition) is 2. The van der Waals surface area contributed by atoms with Crippen molar-refractivity contribution in [3.8, 4) is 0 Å².